The number of piperazine rings is 1. The number of nitrogens with zero attached hydrogens (tertiary/aromatic N) is 5. The summed E-state index contributed by atoms with van der Waals surface area (Å²) >= 11 is 5.92. The minimum atomic E-state index is 0.704. The van der Waals surface area contributed by atoms with Gasteiger partial charge in [-0.05, 0) is 12.6 Å². The first kappa shape index (κ1) is 17.4. The van der Waals surface area contributed by atoms with E-state index in [4.69, 9.17) is 11.6 Å². The van der Waals surface area contributed by atoms with Gasteiger partial charge >= 0.3 is 0 Å². The van der Waals surface area contributed by atoms with Crippen molar-refractivity contribution < 1.29 is 0 Å². The molecular formula is C18H26ClN5. The second-order valence-electron chi connectivity index (χ2n) is 6.52. The molecule has 0 amide bonds. The summed E-state index contributed by atoms with van der Waals surface area (Å²) in [4.78, 5) is 7.37. The fraction of sp³-hybridized carbons (Fsp3) is 0.500. The van der Waals surface area contributed by atoms with Crippen molar-refractivity contribution >= 4 is 11.6 Å². The number of hydrogen-bond donors (Lipinski definition) is 0. The van der Waals surface area contributed by atoms with E-state index >= 15 is 0 Å². The Kier molecular flexibility index (Phi) is 6.26. The van der Waals surface area contributed by atoms with Crippen LogP contribution in [-0.2, 0) is 13.2 Å². The molecule has 1 saturated heterocycles. The van der Waals surface area contributed by atoms with E-state index in [9.17, 15) is 0 Å². The van der Waals surface area contributed by atoms with Crippen LogP contribution in [0, 0.1) is 0 Å². The van der Waals surface area contributed by atoms with Crippen LogP contribution >= 0.6 is 11.6 Å². The number of rotatable bonds is 7. The van der Waals surface area contributed by atoms with Crippen LogP contribution in [0.25, 0.3) is 0 Å². The van der Waals surface area contributed by atoms with Gasteiger partial charge in [-0.15, -0.1) is 0 Å². The molecular weight excluding hydrogens is 322 g/mol. The molecule has 0 atom stereocenters. The van der Waals surface area contributed by atoms with Crippen LogP contribution in [0.2, 0.25) is 5.02 Å². The maximum Gasteiger partial charge on any atom is 0.0930 e. The lowest BCUT2D eigenvalue weighted by atomic mass is 10.2. The third kappa shape index (κ3) is 5.31. The summed E-state index contributed by atoms with van der Waals surface area (Å²) in [6, 6.07) is 10.7. The molecule has 0 bridgehead atoms. The van der Waals surface area contributed by atoms with Crippen LogP contribution in [-0.4, -0.2) is 70.8 Å². The van der Waals surface area contributed by atoms with Crippen molar-refractivity contribution in [2.45, 2.75) is 13.2 Å². The average molecular weight is 348 g/mol. The van der Waals surface area contributed by atoms with Crippen LogP contribution in [0.1, 0.15) is 5.56 Å². The smallest absolute Gasteiger partial charge is 0.0930 e. The van der Waals surface area contributed by atoms with Gasteiger partial charge in [0.05, 0.1) is 17.9 Å². The van der Waals surface area contributed by atoms with E-state index in [-0.39, 0.29) is 0 Å². The Labute approximate surface area is 149 Å². The second-order valence-corrected chi connectivity index (χ2v) is 6.96. The number of benzene rings is 1. The Morgan fingerprint density at radius 3 is 2.46 bits per heavy atom. The summed E-state index contributed by atoms with van der Waals surface area (Å²) in [6.45, 7) is 8.48. The molecule has 0 saturated carbocycles. The summed E-state index contributed by atoms with van der Waals surface area (Å²) < 4.78 is 1.91. The Bertz CT molecular complexity index is 607. The first-order valence-electron chi connectivity index (χ1n) is 8.54. The van der Waals surface area contributed by atoms with E-state index in [2.05, 4.69) is 57.2 Å². The molecule has 0 N–H and O–H groups in total. The molecule has 0 spiro atoms. The molecule has 3 rings (SSSR count). The van der Waals surface area contributed by atoms with Gasteiger partial charge in [-0.25, -0.2) is 0 Å². The molecule has 1 fully saturated rings. The number of aromatic nitrogens is 2. The minimum Gasteiger partial charge on any atom is -0.301 e. The van der Waals surface area contributed by atoms with Gasteiger partial charge in [0.1, 0.15) is 0 Å². The van der Waals surface area contributed by atoms with E-state index in [1.165, 1.54) is 5.56 Å². The summed E-state index contributed by atoms with van der Waals surface area (Å²) in [5.74, 6) is 0. The highest BCUT2D eigenvalue weighted by Gasteiger charge is 2.17. The van der Waals surface area contributed by atoms with Gasteiger partial charge in [0.15, 0.2) is 0 Å². The highest BCUT2D eigenvalue weighted by Crippen LogP contribution is 2.08. The molecule has 0 aliphatic carbocycles. The Balaban J connectivity index is 1.35. The summed E-state index contributed by atoms with van der Waals surface area (Å²) in [6.07, 6.45) is 3.58. The average Bonchev–Trinajstić information content (AvgIpc) is 3.00. The van der Waals surface area contributed by atoms with E-state index in [1.54, 1.807) is 6.20 Å². The van der Waals surface area contributed by atoms with Crippen LogP contribution in [0.3, 0.4) is 0 Å². The predicted octanol–water partition coefficient (Wildman–Crippen LogP) is 2.24. The van der Waals surface area contributed by atoms with Crippen molar-refractivity contribution in [3.8, 4) is 0 Å². The van der Waals surface area contributed by atoms with Gasteiger partial charge in [0, 0.05) is 52.0 Å². The lowest BCUT2D eigenvalue weighted by Crippen LogP contribution is -2.48. The first-order valence-corrected chi connectivity index (χ1v) is 8.92. The topological polar surface area (TPSA) is 27.5 Å². The van der Waals surface area contributed by atoms with Crippen molar-refractivity contribution in [3.63, 3.8) is 0 Å². The number of halogens is 1. The molecule has 0 radical (unpaired) electrons. The molecule has 130 valence electrons. The Hall–Kier alpha value is -1.40. The summed E-state index contributed by atoms with van der Waals surface area (Å²) in [5.41, 5.74) is 1.38. The zero-order valence-electron chi connectivity index (χ0n) is 14.3. The van der Waals surface area contributed by atoms with Crippen molar-refractivity contribution in [1.82, 2.24) is 24.5 Å². The maximum absolute atomic E-state index is 5.92. The lowest BCUT2D eigenvalue weighted by molar-refractivity contribution is 0.0960. The molecule has 0 unspecified atom stereocenters. The van der Waals surface area contributed by atoms with Crippen LogP contribution in [0.5, 0.6) is 0 Å². The SMILES string of the molecule is CN(CCN1CCN(Cn2cc(Cl)cn2)CC1)Cc1ccccc1. The normalized spacial score (nSPS) is 16.8. The minimum absolute atomic E-state index is 0.704. The number of likely N-dealkylation sites (N-methyl/N-ethyl adjacent to an activating group) is 1. The molecule has 1 aliphatic rings. The van der Waals surface area contributed by atoms with Gasteiger partial charge in [-0.2, -0.15) is 5.10 Å². The third-order valence-electron chi connectivity index (χ3n) is 4.50. The highest BCUT2D eigenvalue weighted by atomic mass is 35.5. The van der Waals surface area contributed by atoms with Crippen LogP contribution in [0.15, 0.2) is 42.7 Å². The molecule has 5 nitrogen and oxygen atoms in total. The van der Waals surface area contributed by atoms with Crippen molar-refractivity contribution in [1.29, 1.82) is 0 Å². The molecule has 24 heavy (non-hydrogen) atoms. The van der Waals surface area contributed by atoms with Crippen molar-refractivity contribution in [2.24, 2.45) is 0 Å². The molecule has 1 aromatic heterocycles. The fourth-order valence-electron chi connectivity index (χ4n) is 3.06. The Morgan fingerprint density at radius 2 is 1.79 bits per heavy atom. The van der Waals surface area contributed by atoms with Crippen molar-refractivity contribution in [3.05, 3.63) is 53.3 Å². The van der Waals surface area contributed by atoms with Gasteiger partial charge in [-0.1, -0.05) is 41.9 Å². The van der Waals surface area contributed by atoms with Gasteiger partial charge in [0.25, 0.3) is 0 Å². The molecule has 2 heterocycles. The summed E-state index contributed by atoms with van der Waals surface area (Å²) in [7, 11) is 2.20. The second kappa shape index (κ2) is 8.62. The van der Waals surface area contributed by atoms with Gasteiger partial charge < -0.3 is 4.90 Å². The van der Waals surface area contributed by atoms with Gasteiger partial charge in [-0.3, -0.25) is 14.5 Å². The predicted molar refractivity (Wildman–Crippen MR) is 98.0 cm³/mol. The van der Waals surface area contributed by atoms with Crippen LogP contribution in [0.4, 0.5) is 0 Å². The quantitative estimate of drug-likeness (QED) is 0.767. The molecule has 2 aromatic rings. The van der Waals surface area contributed by atoms with E-state index in [1.807, 2.05) is 10.9 Å². The van der Waals surface area contributed by atoms with Crippen molar-refractivity contribution in [2.75, 3.05) is 46.3 Å². The van der Waals surface area contributed by atoms with E-state index < -0.39 is 0 Å². The zero-order chi connectivity index (χ0) is 16.8. The van der Waals surface area contributed by atoms with E-state index in [0.29, 0.717) is 5.02 Å². The molecule has 1 aliphatic heterocycles. The molecule has 1 aromatic carbocycles. The third-order valence-corrected chi connectivity index (χ3v) is 4.70. The maximum atomic E-state index is 5.92. The van der Waals surface area contributed by atoms with Gasteiger partial charge in [0.2, 0.25) is 0 Å². The lowest BCUT2D eigenvalue weighted by Gasteiger charge is -2.35. The Morgan fingerprint density at radius 1 is 1.08 bits per heavy atom. The zero-order valence-corrected chi connectivity index (χ0v) is 15.1. The van der Waals surface area contributed by atoms with E-state index in [0.717, 1.165) is 52.5 Å². The first-order chi connectivity index (χ1) is 11.7. The monoisotopic (exact) mass is 347 g/mol. The molecule has 6 heteroatoms. The van der Waals surface area contributed by atoms with Crippen LogP contribution < -0.4 is 0 Å². The standard InChI is InChI=1S/C18H26ClN5/c1-21(14-17-5-3-2-4-6-17)7-8-22-9-11-23(12-10-22)16-24-15-18(19)13-20-24/h2-6,13,15H,7-12,14,16H2,1H3. The largest absolute Gasteiger partial charge is 0.301 e. The summed E-state index contributed by atoms with van der Waals surface area (Å²) in [5, 5.41) is 4.95. The highest BCUT2D eigenvalue weighted by molar-refractivity contribution is 6.30. The fourth-order valence-corrected chi connectivity index (χ4v) is 3.22. The number of hydrogen-bond acceptors (Lipinski definition) is 4.